The van der Waals surface area contributed by atoms with Gasteiger partial charge in [0, 0.05) is 11.3 Å². The Labute approximate surface area is 187 Å². The molecule has 2 aliphatic carbocycles. The number of aliphatic hydroxyl groups excluding tert-OH is 1. The summed E-state index contributed by atoms with van der Waals surface area (Å²) in [6.45, 7) is 10.5. The van der Waals surface area contributed by atoms with Crippen LogP contribution < -0.4 is 10.4 Å². The van der Waals surface area contributed by atoms with Crippen molar-refractivity contribution in [3.05, 3.63) is 47.0 Å². The quantitative estimate of drug-likeness (QED) is 0.412. The molecule has 0 atom stereocenters. The highest BCUT2D eigenvalue weighted by atomic mass is 16.6. The monoisotopic (exact) mass is 428 g/mol. The highest BCUT2D eigenvalue weighted by Gasteiger charge is 2.26. The minimum absolute atomic E-state index is 0.0506. The molecule has 1 aromatic rings. The summed E-state index contributed by atoms with van der Waals surface area (Å²) in [5.74, 6) is 2.86. The van der Waals surface area contributed by atoms with Crippen LogP contribution in [0.2, 0.25) is 0 Å². The van der Waals surface area contributed by atoms with Gasteiger partial charge in [-0.2, -0.15) is 0 Å². The minimum Gasteiger partial charge on any atom is -0.475 e. The molecular weight excluding hydrogens is 388 g/mol. The fourth-order valence-corrected chi connectivity index (χ4v) is 4.21. The Morgan fingerprint density at radius 2 is 1.48 bits per heavy atom. The van der Waals surface area contributed by atoms with E-state index in [1.807, 2.05) is 24.3 Å². The van der Waals surface area contributed by atoms with Gasteiger partial charge in [-0.15, -0.1) is 0 Å². The van der Waals surface area contributed by atoms with E-state index in [9.17, 15) is 4.79 Å². The van der Waals surface area contributed by atoms with Gasteiger partial charge in [-0.25, -0.2) is 0 Å². The van der Waals surface area contributed by atoms with E-state index in [1.165, 1.54) is 31.9 Å². The van der Waals surface area contributed by atoms with Gasteiger partial charge in [0.05, 0.1) is 12.2 Å². The summed E-state index contributed by atoms with van der Waals surface area (Å²) >= 11 is 0. The third kappa shape index (κ3) is 8.90. The fourth-order valence-electron chi connectivity index (χ4n) is 4.21. The van der Waals surface area contributed by atoms with Crippen molar-refractivity contribution in [3.63, 3.8) is 0 Å². The van der Waals surface area contributed by atoms with Crippen LogP contribution in [-0.2, 0) is 14.3 Å². The number of carbonyl (C=O) groups is 1. The Bertz CT molecular complexity index is 787. The molecule has 0 heterocycles. The van der Waals surface area contributed by atoms with Crippen LogP contribution in [-0.4, -0.2) is 17.9 Å². The second-order valence-corrected chi connectivity index (χ2v) is 9.36. The summed E-state index contributed by atoms with van der Waals surface area (Å²) in [5, 5.41) is 10.2. The lowest BCUT2D eigenvalue weighted by molar-refractivity contribution is -0.142. The van der Waals surface area contributed by atoms with Crippen molar-refractivity contribution in [2.45, 2.75) is 72.1 Å². The molecule has 0 aliphatic heterocycles. The van der Waals surface area contributed by atoms with Crippen LogP contribution in [0.3, 0.4) is 0 Å². The Hall–Kier alpha value is -2.07. The summed E-state index contributed by atoms with van der Waals surface area (Å²) in [4.78, 5) is 12.4. The summed E-state index contributed by atoms with van der Waals surface area (Å²) in [7, 11) is 0. The van der Waals surface area contributed by atoms with Crippen molar-refractivity contribution in [2.75, 3.05) is 6.79 Å². The number of ether oxygens (including phenoxy) is 2. The first-order valence-corrected chi connectivity index (χ1v) is 11.8. The maximum atomic E-state index is 12.4. The molecule has 2 aliphatic rings. The molecule has 4 heteroatoms. The van der Waals surface area contributed by atoms with Crippen LogP contribution in [0.15, 0.2) is 36.6 Å². The lowest BCUT2D eigenvalue weighted by Gasteiger charge is -2.24. The van der Waals surface area contributed by atoms with Crippen molar-refractivity contribution >= 4 is 18.3 Å². The first kappa shape index (κ1) is 25.2. The average molecular weight is 429 g/mol. The molecule has 4 nitrogen and oxygen atoms in total. The number of carbonyl (C=O) groups excluding carboxylic acids is 1. The highest BCUT2D eigenvalue weighted by Crippen LogP contribution is 2.29. The van der Waals surface area contributed by atoms with E-state index in [4.69, 9.17) is 14.6 Å². The Morgan fingerprint density at radius 3 is 2.00 bits per heavy atom. The molecule has 0 unspecified atom stereocenters. The summed E-state index contributed by atoms with van der Waals surface area (Å²) < 4.78 is 10.4. The van der Waals surface area contributed by atoms with Gasteiger partial charge in [-0.3, -0.25) is 4.79 Å². The Morgan fingerprint density at radius 1 is 0.968 bits per heavy atom. The molecule has 3 rings (SSSR count). The lowest BCUT2D eigenvalue weighted by atomic mass is 9.83. The third-order valence-corrected chi connectivity index (χ3v) is 6.54. The van der Waals surface area contributed by atoms with Gasteiger partial charge < -0.3 is 14.6 Å². The zero-order valence-electron chi connectivity index (χ0n) is 19.5. The van der Waals surface area contributed by atoms with Crippen molar-refractivity contribution in [1.29, 1.82) is 0 Å². The summed E-state index contributed by atoms with van der Waals surface area (Å²) in [6, 6.07) is 7.44. The SMILES string of the molecule is C=c1cccc/c1=C(/C=C\OCO)OC(=O)C1CCC(C)CC1.CC1CCC(C)CC1. The van der Waals surface area contributed by atoms with Crippen LogP contribution in [0.4, 0.5) is 0 Å². The minimum atomic E-state index is -0.426. The van der Waals surface area contributed by atoms with Gasteiger partial charge in [0.25, 0.3) is 0 Å². The molecule has 172 valence electrons. The summed E-state index contributed by atoms with van der Waals surface area (Å²) in [5.41, 5.74) is 0. The topological polar surface area (TPSA) is 55.8 Å². The average Bonchev–Trinajstić information content (AvgIpc) is 2.76. The zero-order chi connectivity index (χ0) is 22.6. The molecular formula is C27H40O4. The van der Waals surface area contributed by atoms with Crippen molar-refractivity contribution in [2.24, 2.45) is 23.7 Å². The molecule has 1 N–H and O–H groups in total. The van der Waals surface area contributed by atoms with Gasteiger partial charge in [-0.1, -0.05) is 77.3 Å². The van der Waals surface area contributed by atoms with Crippen LogP contribution >= 0.6 is 0 Å². The third-order valence-electron chi connectivity index (χ3n) is 6.54. The smallest absolute Gasteiger partial charge is 0.314 e. The maximum Gasteiger partial charge on any atom is 0.314 e. The zero-order valence-corrected chi connectivity index (χ0v) is 19.5. The number of hydrogen-bond acceptors (Lipinski definition) is 4. The molecule has 0 aromatic heterocycles. The van der Waals surface area contributed by atoms with E-state index in [1.54, 1.807) is 6.08 Å². The van der Waals surface area contributed by atoms with Gasteiger partial charge in [-0.05, 0) is 48.7 Å². The van der Waals surface area contributed by atoms with Gasteiger partial charge >= 0.3 is 5.97 Å². The molecule has 0 saturated heterocycles. The van der Waals surface area contributed by atoms with Gasteiger partial charge in [0.2, 0.25) is 0 Å². The van der Waals surface area contributed by atoms with Crippen molar-refractivity contribution in [1.82, 2.24) is 0 Å². The van der Waals surface area contributed by atoms with Crippen molar-refractivity contribution in [3.8, 4) is 0 Å². The van der Waals surface area contributed by atoms with Gasteiger partial charge in [0.1, 0.15) is 5.76 Å². The number of esters is 1. The molecule has 0 amide bonds. The largest absolute Gasteiger partial charge is 0.475 e. The molecule has 0 bridgehead atoms. The molecule has 0 spiro atoms. The van der Waals surface area contributed by atoms with E-state index in [-0.39, 0.29) is 11.9 Å². The van der Waals surface area contributed by atoms with Crippen LogP contribution in [0.5, 0.6) is 0 Å². The van der Waals surface area contributed by atoms with E-state index >= 15 is 0 Å². The Kier molecular flexibility index (Phi) is 10.9. The molecule has 2 saturated carbocycles. The van der Waals surface area contributed by atoms with E-state index < -0.39 is 6.79 Å². The normalized spacial score (nSPS) is 27.1. The standard InChI is InChI=1S/C19H24O4.C8H16/c1-14-7-9-16(10-8-14)19(21)23-18(11-12-22-13-20)17-6-4-3-5-15(17)2;1-7-3-5-8(2)6-4-7/h3-6,11-12,14,16,20H,2,7-10,13H2,1H3;7-8H,3-6H2,1-2H3/b12-11-,18-17+;. The highest BCUT2D eigenvalue weighted by molar-refractivity contribution is 5.78. The Balaban J connectivity index is 0.000000357. The second-order valence-electron chi connectivity index (χ2n) is 9.36. The predicted octanol–water partition coefficient (Wildman–Crippen LogP) is 4.89. The molecule has 1 aromatic carbocycles. The number of benzene rings is 1. The number of aliphatic hydroxyl groups is 1. The number of rotatable bonds is 5. The number of hydrogen-bond donors (Lipinski definition) is 1. The first-order chi connectivity index (χ1) is 14.9. The molecule has 2 fully saturated rings. The lowest BCUT2D eigenvalue weighted by Crippen LogP contribution is -2.28. The van der Waals surface area contributed by atoms with E-state index in [2.05, 4.69) is 27.4 Å². The predicted molar refractivity (Wildman–Crippen MR) is 126 cm³/mol. The van der Waals surface area contributed by atoms with E-state index in [0.29, 0.717) is 11.7 Å². The second kappa shape index (κ2) is 13.4. The van der Waals surface area contributed by atoms with Gasteiger partial charge in [0.15, 0.2) is 6.79 Å². The van der Waals surface area contributed by atoms with Crippen molar-refractivity contribution < 1.29 is 19.4 Å². The first-order valence-electron chi connectivity index (χ1n) is 11.8. The molecule has 31 heavy (non-hydrogen) atoms. The van der Waals surface area contributed by atoms with Crippen LogP contribution in [0.1, 0.15) is 72.1 Å². The van der Waals surface area contributed by atoms with Crippen LogP contribution in [0.25, 0.3) is 12.3 Å². The summed E-state index contributed by atoms with van der Waals surface area (Å²) in [6.07, 6.45) is 12.6. The molecule has 0 radical (unpaired) electrons. The van der Waals surface area contributed by atoms with Crippen LogP contribution in [0, 0.1) is 23.7 Å². The fraction of sp³-hybridized carbons (Fsp3) is 0.593. The van der Waals surface area contributed by atoms with E-state index in [0.717, 1.165) is 48.0 Å². The maximum absolute atomic E-state index is 12.4.